The number of halogens is 1. The second kappa shape index (κ2) is 7.68. The first-order valence-electron chi connectivity index (χ1n) is 9.35. The highest BCUT2D eigenvalue weighted by Crippen LogP contribution is 2.24. The molecule has 0 N–H and O–H groups in total. The third-order valence-corrected chi connectivity index (χ3v) is 5.50. The average Bonchev–Trinajstić information content (AvgIpc) is 3.20. The molecule has 0 unspecified atom stereocenters. The number of amides is 1. The predicted octanol–water partition coefficient (Wildman–Crippen LogP) is 4.57. The summed E-state index contributed by atoms with van der Waals surface area (Å²) in [6.07, 6.45) is 0. The molecule has 0 radical (unpaired) electrons. The number of piperazine rings is 1. The minimum Gasteiger partial charge on any atom is -0.368 e. The molecule has 2 aromatic carbocycles. The summed E-state index contributed by atoms with van der Waals surface area (Å²) in [4.78, 5) is 16.9. The van der Waals surface area contributed by atoms with Gasteiger partial charge >= 0.3 is 0 Å². The fourth-order valence-corrected chi connectivity index (χ4v) is 3.59. The molecule has 5 nitrogen and oxygen atoms in total. The van der Waals surface area contributed by atoms with Crippen molar-refractivity contribution < 1.29 is 9.32 Å². The Morgan fingerprint density at radius 3 is 2.50 bits per heavy atom. The number of aromatic nitrogens is 1. The van der Waals surface area contributed by atoms with Crippen molar-refractivity contribution in [1.82, 2.24) is 10.1 Å². The SMILES string of the molecule is Cc1ccc(-c2cc(C(=O)N3CCN(c4cccc(Cl)c4)CC3)no2)cc1C. The lowest BCUT2D eigenvalue weighted by Crippen LogP contribution is -2.48. The number of nitrogens with zero attached hydrogens (tertiary/aromatic N) is 3. The van der Waals surface area contributed by atoms with Crippen LogP contribution in [0.2, 0.25) is 5.02 Å². The standard InChI is InChI=1S/C22H22ClN3O2/c1-15-6-7-17(12-16(15)2)21-14-20(24-28-21)22(27)26-10-8-25(9-11-26)19-5-3-4-18(23)13-19/h3-7,12-14H,8-11H2,1-2H3. The third-order valence-electron chi connectivity index (χ3n) is 5.26. The van der Waals surface area contributed by atoms with Gasteiger partial charge in [0.2, 0.25) is 0 Å². The minimum atomic E-state index is -0.0930. The molecule has 6 heteroatoms. The smallest absolute Gasteiger partial charge is 0.276 e. The second-order valence-corrected chi connectivity index (χ2v) is 7.57. The molecule has 4 rings (SSSR count). The highest BCUT2D eigenvalue weighted by molar-refractivity contribution is 6.30. The summed E-state index contributed by atoms with van der Waals surface area (Å²) >= 11 is 6.08. The first kappa shape index (κ1) is 18.6. The number of benzene rings is 2. The summed E-state index contributed by atoms with van der Waals surface area (Å²) in [6, 6.07) is 15.6. The van der Waals surface area contributed by atoms with Crippen LogP contribution in [0.3, 0.4) is 0 Å². The first-order valence-corrected chi connectivity index (χ1v) is 9.73. The summed E-state index contributed by atoms with van der Waals surface area (Å²) in [5.41, 5.74) is 4.76. The maximum atomic E-state index is 12.8. The number of rotatable bonds is 3. The largest absolute Gasteiger partial charge is 0.368 e. The Morgan fingerprint density at radius 2 is 1.79 bits per heavy atom. The van der Waals surface area contributed by atoms with Gasteiger partial charge in [0.1, 0.15) is 0 Å². The van der Waals surface area contributed by atoms with Crippen molar-refractivity contribution in [3.05, 3.63) is 70.4 Å². The Kier molecular flexibility index (Phi) is 5.09. The van der Waals surface area contributed by atoms with Crippen molar-refractivity contribution in [2.24, 2.45) is 0 Å². The molecule has 0 atom stereocenters. The molecular formula is C22H22ClN3O2. The third kappa shape index (κ3) is 3.76. The fourth-order valence-electron chi connectivity index (χ4n) is 3.41. The molecule has 1 amide bonds. The normalized spacial score (nSPS) is 14.4. The first-order chi connectivity index (χ1) is 13.5. The zero-order valence-electron chi connectivity index (χ0n) is 16.0. The van der Waals surface area contributed by atoms with E-state index in [0.29, 0.717) is 24.5 Å². The van der Waals surface area contributed by atoms with E-state index < -0.39 is 0 Å². The summed E-state index contributed by atoms with van der Waals surface area (Å²) in [5.74, 6) is 0.522. The Labute approximate surface area is 169 Å². The number of hydrogen-bond donors (Lipinski definition) is 0. The molecule has 144 valence electrons. The highest BCUT2D eigenvalue weighted by Gasteiger charge is 2.25. The van der Waals surface area contributed by atoms with Crippen LogP contribution in [0.5, 0.6) is 0 Å². The molecule has 0 saturated carbocycles. The van der Waals surface area contributed by atoms with E-state index in [1.54, 1.807) is 6.07 Å². The van der Waals surface area contributed by atoms with Crippen molar-refractivity contribution in [3.8, 4) is 11.3 Å². The number of hydrogen-bond acceptors (Lipinski definition) is 4. The van der Waals surface area contributed by atoms with Gasteiger partial charge in [0.25, 0.3) is 5.91 Å². The number of anilines is 1. The monoisotopic (exact) mass is 395 g/mol. The summed E-state index contributed by atoms with van der Waals surface area (Å²) in [5, 5.41) is 4.73. The molecule has 0 bridgehead atoms. The molecule has 1 aliphatic heterocycles. The van der Waals surface area contributed by atoms with Gasteiger partial charge in [0.05, 0.1) is 0 Å². The lowest BCUT2D eigenvalue weighted by atomic mass is 10.0. The maximum absolute atomic E-state index is 12.8. The van der Waals surface area contributed by atoms with Gasteiger partial charge in [-0.1, -0.05) is 35.0 Å². The van der Waals surface area contributed by atoms with E-state index in [-0.39, 0.29) is 5.91 Å². The van der Waals surface area contributed by atoms with Crippen molar-refractivity contribution in [2.45, 2.75) is 13.8 Å². The van der Waals surface area contributed by atoms with Crippen LogP contribution in [0.1, 0.15) is 21.6 Å². The van der Waals surface area contributed by atoms with Crippen LogP contribution < -0.4 is 4.90 Å². The summed E-state index contributed by atoms with van der Waals surface area (Å²) in [6.45, 7) is 6.91. The van der Waals surface area contributed by atoms with E-state index in [9.17, 15) is 4.79 Å². The Bertz CT molecular complexity index is 1010. The van der Waals surface area contributed by atoms with Crippen molar-refractivity contribution in [2.75, 3.05) is 31.1 Å². The average molecular weight is 396 g/mol. The van der Waals surface area contributed by atoms with Gasteiger partial charge in [-0.15, -0.1) is 0 Å². The molecule has 1 fully saturated rings. The van der Waals surface area contributed by atoms with Crippen LogP contribution in [0.25, 0.3) is 11.3 Å². The molecule has 1 saturated heterocycles. The number of aryl methyl sites for hydroxylation is 2. The predicted molar refractivity (Wildman–Crippen MR) is 111 cm³/mol. The molecule has 3 aromatic rings. The summed E-state index contributed by atoms with van der Waals surface area (Å²) < 4.78 is 5.44. The molecule has 0 spiro atoms. The zero-order chi connectivity index (χ0) is 19.7. The Morgan fingerprint density at radius 1 is 1.00 bits per heavy atom. The molecule has 1 aliphatic rings. The topological polar surface area (TPSA) is 49.6 Å². The van der Waals surface area contributed by atoms with Crippen LogP contribution in [-0.2, 0) is 0 Å². The van der Waals surface area contributed by atoms with Crippen molar-refractivity contribution >= 4 is 23.2 Å². The van der Waals surface area contributed by atoms with E-state index in [1.807, 2.05) is 47.4 Å². The van der Waals surface area contributed by atoms with Gasteiger partial charge in [-0.25, -0.2) is 0 Å². The zero-order valence-corrected chi connectivity index (χ0v) is 16.7. The van der Waals surface area contributed by atoms with Gasteiger partial charge in [-0.2, -0.15) is 0 Å². The van der Waals surface area contributed by atoms with Gasteiger partial charge in [-0.3, -0.25) is 4.79 Å². The highest BCUT2D eigenvalue weighted by atomic mass is 35.5. The molecule has 1 aromatic heterocycles. The number of carbonyl (C=O) groups is 1. The minimum absolute atomic E-state index is 0.0930. The summed E-state index contributed by atoms with van der Waals surface area (Å²) in [7, 11) is 0. The van der Waals surface area contributed by atoms with E-state index in [1.165, 1.54) is 11.1 Å². The molecule has 2 heterocycles. The van der Waals surface area contributed by atoms with Gasteiger partial charge < -0.3 is 14.3 Å². The second-order valence-electron chi connectivity index (χ2n) is 7.13. The van der Waals surface area contributed by atoms with Crippen LogP contribution in [-0.4, -0.2) is 42.1 Å². The lowest BCUT2D eigenvalue weighted by molar-refractivity contribution is 0.0736. The van der Waals surface area contributed by atoms with Crippen LogP contribution in [0, 0.1) is 13.8 Å². The van der Waals surface area contributed by atoms with E-state index in [4.69, 9.17) is 16.1 Å². The quantitative estimate of drug-likeness (QED) is 0.651. The van der Waals surface area contributed by atoms with Crippen molar-refractivity contribution in [1.29, 1.82) is 0 Å². The van der Waals surface area contributed by atoms with Gasteiger partial charge in [0.15, 0.2) is 11.5 Å². The van der Waals surface area contributed by atoms with E-state index in [0.717, 1.165) is 29.4 Å². The van der Waals surface area contributed by atoms with E-state index >= 15 is 0 Å². The fraction of sp³-hybridized carbons (Fsp3) is 0.273. The lowest BCUT2D eigenvalue weighted by Gasteiger charge is -2.35. The van der Waals surface area contributed by atoms with Crippen LogP contribution in [0.15, 0.2) is 53.1 Å². The molecule has 28 heavy (non-hydrogen) atoms. The van der Waals surface area contributed by atoms with Crippen LogP contribution >= 0.6 is 11.6 Å². The maximum Gasteiger partial charge on any atom is 0.276 e. The number of carbonyl (C=O) groups excluding carboxylic acids is 1. The van der Waals surface area contributed by atoms with Crippen molar-refractivity contribution in [3.63, 3.8) is 0 Å². The van der Waals surface area contributed by atoms with Gasteiger partial charge in [0, 0.05) is 48.5 Å². The van der Waals surface area contributed by atoms with Gasteiger partial charge in [-0.05, 0) is 49.2 Å². The Hall–Kier alpha value is -2.79. The Balaban J connectivity index is 1.43. The van der Waals surface area contributed by atoms with E-state index in [2.05, 4.69) is 23.9 Å². The molecular weight excluding hydrogens is 374 g/mol. The molecule has 0 aliphatic carbocycles. The van der Waals surface area contributed by atoms with Crippen LogP contribution in [0.4, 0.5) is 5.69 Å².